The van der Waals surface area contributed by atoms with Gasteiger partial charge in [0.05, 0.1) is 27.8 Å². The van der Waals surface area contributed by atoms with Crippen molar-refractivity contribution in [1.29, 1.82) is 0 Å². The van der Waals surface area contributed by atoms with Gasteiger partial charge in [0.2, 0.25) is 5.95 Å². The third-order valence-corrected chi connectivity index (χ3v) is 4.15. The Bertz CT molecular complexity index is 1100. The van der Waals surface area contributed by atoms with E-state index >= 15 is 0 Å². The molecule has 0 radical (unpaired) electrons. The van der Waals surface area contributed by atoms with Crippen LogP contribution in [0.4, 0.5) is 24.8 Å². The summed E-state index contributed by atoms with van der Waals surface area (Å²) in [6, 6.07) is 6.94. The number of H-pyrrole nitrogens is 1. The summed E-state index contributed by atoms with van der Waals surface area (Å²) in [5.74, 6) is 0.400. The van der Waals surface area contributed by atoms with Crippen molar-refractivity contribution in [1.82, 2.24) is 19.5 Å². The van der Waals surface area contributed by atoms with Gasteiger partial charge < -0.3 is 14.9 Å². The van der Waals surface area contributed by atoms with Crippen LogP contribution < -0.4 is 5.32 Å². The fourth-order valence-electron chi connectivity index (χ4n) is 2.68. The van der Waals surface area contributed by atoms with Gasteiger partial charge >= 0.3 is 6.18 Å². The van der Waals surface area contributed by atoms with Crippen molar-refractivity contribution in [2.24, 2.45) is 7.05 Å². The van der Waals surface area contributed by atoms with Gasteiger partial charge in [0, 0.05) is 13.2 Å². The Labute approximate surface area is 144 Å². The van der Waals surface area contributed by atoms with Gasteiger partial charge in [0.25, 0.3) is 0 Å². The van der Waals surface area contributed by atoms with Crippen LogP contribution in [-0.2, 0) is 13.2 Å². The predicted octanol–water partition coefficient (Wildman–Crippen LogP) is 4.87. The number of imidazole rings is 1. The molecule has 3 heterocycles. The molecular weight excluding hydrogens is 355 g/mol. The number of aromatic nitrogens is 4. The van der Waals surface area contributed by atoms with E-state index in [9.17, 15) is 13.2 Å². The molecule has 0 spiro atoms. The van der Waals surface area contributed by atoms with Gasteiger partial charge in [-0.1, -0.05) is 11.6 Å². The van der Waals surface area contributed by atoms with Crippen molar-refractivity contribution in [3.63, 3.8) is 0 Å². The fraction of sp³-hybridized carbons (Fsp3) is 0.125. The first-order chi connectivity index (χ1) is 11.8. The van der Waals surface area contributed by atoms with E-state index in [2.05, 4.69) is 20.3 Å². The number of alkyl halides is 3. The van der Waals surface area contributed by atoms with Crippen LogP contribution in [0.2, 0.25) is 5.15 Å². The van der Waals surface area contributed by atoms with Gasteiger partial charge in [-0.2, -0.15) is 13.2 Å². The summed E-state index contributed by atoms with van der Waals surface area (Å²) < 4.78 is 40.3. The number of halogens is 4. The average Bonchev–Trinajstić information content (AvgIpc) is 3.08. The highest BCUT2D eigenvalue weighted by molar-refractivity contribution is 6.29. The summed E-state index contributed by atoms with van der Waals surface area (Å²) in [5, 5.41) is 3.43. The van der Waals surface area contributed by atoms with Crippen LogP contribution >= 0.6 is 11.6 Å². The van der Waals surface area contributed by atoms with E-state index in [4.69, 9.17) is 11.6 Å². The zero-order valence-electron chi connectivity index (χ0n) is 12.8. The fourth-order valence-corrected chi connectivity index (χ4v) is 2.83. The SMILES string of the molecule is Cn1c(Nc2c[nH]c3ccc(Cl)nc23)nc2cc(C(F)(F)F)ccc21. The Balaban J connectivity index is 1.78. The number of aryl methyl sites for hydroxylation is 1. The molecule has 0 atom stereocenters. The van der Waals surface area contributed by atoms with Crippen LogP contribution in [-0.4, -0.2) is 19.5 Å². The highest BCUT2D eigenvalue weighted by Gasteiger charge is 2.31. The lowest BCUT2D eigenvalue weighted by atomic mass is 10.2. The van der Waals surface area contributed by atoms with Gasteiger partial charge in [0.15, 0.2) is 0 Å². The Hall–Kier alpha value is -2.74. The number of aromatic amines is 1. The molecule has 0 aliphatic heterocycles. The average molecular weight is 366 g/mol. The smallest absolute Gasteiger partial charge is 0.358 e. The highest BCUT2D eigenvalue weighted by Crippen LogP contribution is 2.33. The van der Waals surface area contributed by atoms with E-state index in [-0.39, 0.29) is 5.52 Å². The van der Waals surface area contributed by atoms with E-state index in [1.807, 2.05) is 0 Å². The standard InChI is InChI=1S/C16H11ClF3N5/c1-25-12-4-2-8(16(18,19)20)6-10(12)22-15(25)23-11-7-21-9-3-5-13(17)24-14(9)11/h2-7,21H,1H3,(H,22,23). The molecule has 4 aromatic rings. The second kappa shape index (κ2) is 5.38. The van der Waals surface area contributed by atoms with E-state index in [1.54, 1.807) is 29.9 Å². The maximum absolute atomic E-state index is 12.9. The molecular formula is C16H11ClF3N5. The number of nitrogens with one attached hydrogen (secondary N) is 2. The Morgan fingerprint density at radius 3 is 2.72 bits per heavy atom. The second-order valence-corrected chi connectivity index (χ2v) is 5.94. The molecule has 1 aromatic carbocycles. The van der Waals surface area contributed by atoms with Crippen LogP contribution in [0.1, 0.15) is 5.56 Å². The zero-order valence-corrected chi connectivity index (χ0v) is 13.6. The number of rotatable bonds is 2. The van der Waals surface area contributed by atoms with Gasteiger partial charge in [0.1, 0.15) is 10.7 Å². The Morgan fingerprint density at radius 2 is 1.96 bits per heavy atom. The summed E-state index contributed by atoms with van der Waals surface area (Å²) >= 11 is 5.93. The van der Waals surface area contributed by atoms with E-state index in [0.717, 1.165) is 17.6 Å². The van der Waals surface area contributed by atoms with Gasteiger partial charge in [-0.3, -0.25) is 0 Å². The third kappa shape index (κ3) is 2.68. The first-order valence-electron chi connectivity index (χ1n) is 7.27. The van der Waals surface area contributed by atoms with Gasteiger partial charge in [-0.15, -0.1) is 0 Å². The quantitative estimate of drug-likeness (QED) is 0.498. The molecule has 9 heteroatoms. The highest BCUT2D eigenvalue weighted by atomic mass is 35.5. The minimum Gasteiger partial charge on any atom is -0.358 e. The van der Waals surface area contributed by atoms with Gasteiger partial charge in [-0.05, 0) is 30.3 Å². The van der Waals surface area contributed by atoms with Crippen LogP contribution in [0.25, 0.3) is 22.1 Å². The lowest BCUT2D eigenvalue weighted by molar-refractivity contribution is -0.137. The van der Waals surface area contributed by atoms with E-state index in [0.29, 0.717) is 27.8 Å². The minimum absolute atomic E-state index is 0.255. The Morgan fingerprint density at radius 1 is 1.16 bits per heavy atom. The van der Waals surface area contributed by atoms with Crippen LogP contribution in [0.5, 0.6) is 0 Å². The minimum atomic E-state index is -4.41. The molecule has 2 N–H and O–H groups in total. The molecule has 0 amide bonds. The van der Waals surface area contributed by atoms with Crippen molar-refractivity contribution in [3.8, 4) is 0 Å². The van der Waals surface area contributed by atoms with Crippen molar-refractivity contribution in [3.05, 3.63) is 47.2 Å². The summed E-state index contributed by atoms with van der Waals surface area (Å²) in [5.41, 5.74) is 2.14. The molecule has 0 aliphatic rings. The number of pyridine rings is 1. The lowest BCUT2D eigenvalue weighted by Gasteiger charge is -2.06. The van der Waals surface area contributed by atoms with Crippen LogP contribution in [0, 0.1) is 0 Å². The normalized spacial score (nSPS) is 12.2. The predicted molar refractivity (Wildman–Crippen MR) is 90.1 cm³/mol. The van der Waals surface area contributed by atoms with E-state index < -0.39 is 11.7 Å². The lowest BCUT2D eigenvalue weighted by Crippen LogP contribution is -2.04. The van der Waals surface area contributed by atoms with Crippen molar-refractivity contribution in [2.75, 3.05) is 5.32 Å². The molecule has 0 bridgehead atoms. The maximum atomic E-state index is 12.9. The number of benzene rings is 1. The number of nitrogens with zero attached hydrogens (tertiary/aromatic N) is 3. The van der Waals surface area contributed by atoms with Gasteiger partial charge in [-0.25, -0.2) is 9.97 Å². The number of hydrogen-bond acceptors (Lipinski definition) is 3. The molecule has 4 rings (SSSR count). The second-order valence-electron chi connectivity index (χ2n) is 5.55. The summed E-state index contributed by atoms with van der Waals surface area (Å²) in [4.78, 5) is 11.6. The molecule has 3 aromatic heterocycles. The molecule has 0 saturated heterocycles. The maximum Gasteiger partial charge on any atom is 0.416 e. The molecule has 0 fully saturated rings. The summed E-state index contributed by atoms with van der Waals surface area (Å²) in [6.45, 7) is 0. The summed E-state index contributed by atoms with van der Waals surface area (Å²) in [6.07, 6.45) is -2.70. The van der Waals surface area contributed by atoms with Crippen molar-refractivity contribution in [2.45, 2.75) is 6.18 Å². The van der Waals surface area contributed by atoms with Crippen LogP contribution in [0.3, 0.4) is 0 Å². The molecule has 0 aliphatic carbocycles. The molecule has 0 unspecified atom stereocenters. The first kappa shape index (κ1) is 15.8. The Kier molecular flexibility index (Phi) is 3.40. The van der Waals surface area contributed by atoms with E-state index in [1.165, 1.54) is 6.07 Å². The third-order valence-electron chi connectivity index (χ3n) is 3.94. The van der Waals surface area contributed by atoms with Crippen molar-refractivity contribution >= 4 is 45.3 Å². The largest absolute Gasteiger partial charge is 0.416 e. The molecule has 25 heavy (non-hydrogen) atoms. The van der Waals surface area contributed by atoms with Crippen LogP contribution in [0.15, 0.2) is 36.5 Å². The summed E-state index contributed by atoms with van der Waals surface area (Å²) in [7, 11) is 1.72. The molecule has 5 nitrogen and oxygen atoms in total. The number of fused-ring (bicyclic) bond motifs is 2. The number of hydrogen-bond donors (Lipinski definition) is 2. The van der Waals surface area contributed by atoms with Crippen molar-refractivity contribution < 1.29 is 13.2 Å². The monoisotopic (exact) mass is 365 g/mol. The molecule has 0 saturated carbocycles. The topological polar surface area (TPSA) is 58.5 Å². The number of anilines is 2. The molecule has 128 valence electrons. The zero-order chi connectivity index (χ0) is 17.8. The first-order valence-corrected chi connectivity index (χ1v) is 7.65.